The zero-order chi connectivity index (χ0) is 13.8. The van der Waals surface area contributed by atoms with Gasteiger partial charge >= 0.3 is 0 Å². The van der Waals surface area contributed by atoms with Crippen LogP contribution in [0.4, 0.5) is 0 Å². The Kier molecular flexibility index (Phi) is 4.99. The number of aryl methyl sites for hydroxylation is 1. The van der Waals surface area contributed by atoms with E-state index in [2.05, 4.69) is 5.32 Å². The first-order valence-electron chi connectivity index (χ1n) is 6.95. The summed E-state index contributed by atoms with van der Waals surface area (Å²) in [6, 6.07) is 6.01. The van der Waals surface area contributed by atoms with E-state index in [1.54, 1.807) is 12.3 Å². The number of benzene rings is 1. The molecule has 19 heavy (non-hydrogen) atoms. The van der Waals surface area contributed by atoms with Crippen LogP contribution in [0, 0.1) is 0 Å². The van der Waals surface area contributed by atoms with Gasteiger partial charge in [-0.2, -0.15) is 0 Å². The minimum absolute atomic E-state index is 0.236. The Morgan fingerprint density at radius 1 is 1.53 bits per heavy atom. The summed E-state index contributed by atoms with van der Waals surface area (Å²) in [5, 5.41) is 13.4. The van der Waals surface area contributed by atoms with Gasteiger partial charge in [0.05, 0.1) is 0 Å². The minimum Gasteiger partial charge on any atom is -0.508 e. The molecular formula is C15H23NO2S. The summed E-state index contributed by atoms with van der Waals surface area (Å²) in [7, 11) is -0.746. The van der Waals surface area contributed by atoms with E-state index in [0.717, 1.165) is 25.8 Å². The van der Waals surface area contributed by atoms with Crippen molar-refractivity contribution < 1.29 is 9.32 Å². The summed E-state index contributed by atoms with van der Waals surface area (Å²) in [6.45, 7) is 2.90. The Hall–Kier alpha value is -0.870. The molecule has 0 aliphatic heterocycles. The van der Waals surface area contributed by atoms with Crippen LogP contribution in [-0.4, -0.2) is 27.4 Å². The lowest BCUT2D eigenvalue weighted by atomic mass is 9.87. The number of aromatic hydroxyl groups is 1. The number of hydrogen-bond donors (Lipinski definition) is 2. The fourth-order valence-electron chi connectivity index (χ4n) is 2.63. The van der Waals surface area contributed by atoms with Gasteiger partial charge in [0.25, 0.3) is 0 Å². The van der Waals surface area contributed by atoms with E-state index in [1.807, 2.05) is 19.1 Å². The Morgan fingerprint density at radius 3 is 3.05 bits per heavy atom. The molecule has 3 atom stereocenters. The predicted molar refractivity (Wildman–Crippen MR) is 79.9 cm³/mol. The van der Waals surface area contributed by atoms with Crippen LogP contribution in [-0.2, 0) is 17.2 Å². The highest BCUT2D eigenvalue weighted by Crippen LogP contribution is 2.32. The van der Waals surface area contributed by atoms with E-state index in [-0.39, 0.29) is 5.25 Å². The highest BCUT2D eigenvalue weighted by molar-refractivity contribution is 7.84. The molecule has 3 nitrogen and oxygen atoms in total. The van der Waals surface area contributed by atoms with Crippen molar-refractivity contribution in [2.75, 3.05) is 12.8 Å². The second-order valence-electron chi connectivity index (χ2n) is 5.38. The molecule has 0 spiro atoms. The summed E-state index contributed by atoms with van der Waals surface area (Å²) < 4.78 is 11.3. The van der Waals surface area contributed by atoms with Gasteiger partial charge in [0, 0.05) is 28.3 Å². The first-order valence-corrected chi connectivity index (χ1v) is 8.57. The quantitative estimate of drug-likeness (QED) is 0.872. The highest BCUT2D eigenvalue weighted by Gasteiger charge is 2.20. The molecule has 0 amide bonds. The maximum atomic E-state index is 11.3. The van der Waals surface area contributed by atoms with Crippen LogP contribution in [0.3, 0.4) is 0 Å². The summed E-state index contributed by atoms with van der Waals surface area (Å²) in [5.41, 5.74) is 2.57. The van der Waals surface area contributed by atoms with Crippen LogP contribution in [0.15, 0.2) is 18.2 Å². The van der Waals surface area contributed by atoms with Gasteiger partial charge in [-0.25, -0.2) is 0 Å². The van der Waals surface area contributed by atoms with Gasteiger partial charge < -0.3 is 10.4 Å². The molecule has 1 aliphatic rings. The second kappa shape index (κ2) is 6.53. The fourth-order valence-corrected chi connectivity index (χ4v) is 3.08. The van der Waals surface area contributed by atoms with Gasteiger partial charge in [0.2, 0.25) is 0 Å². The van der Waals surface area contributed by atoms with Crippen LogP contribution < -0.4 is 5.32 Å². The maximum Gasteiger partial charge on any atom is 0.115 e. The molecule has 0 radical (unpaired) electrons. The third kappa shape index (κ3) is 3.80. The average Bonchev–Trinajstić information content (AvgIpc) is 2.39. The normalized spacial score (nSPS) is 21.7. The number of fused-ring (bicyclic) bond motifs is 1. The third-order valence-electron chi connectivity index (χ3n) is 3.95. The van der Waals surface area contributed by atoms with Crippen molar-refractivity contribution in [2.45, 2.75) is 43.9 Å². The van der Waals surface area contributed by atoms with Crippen LogP contribution in [0.1, 0.15) is 43.4 Å². The molecule has 1 aliphatic carbocycles. The molecule has 106 valence electrons. The minimum atomic E-state index is -0.746. The van der Waals surface area contributed by atoms with Crippen molar-refractivity contribution in [1.82, 2.24) is 5.32 Å². The zero-order valence-corrected chi connectivity index (χ0v) is 12.5. The lowest BCUT2D eigenvalue weighted by Gasteiger charge is -2.27. The predicted octanol–water partition coefficient (Wildman–Crippen LogP) is 2.52. The van der Waals surface area contributed by atoms with Crippen LogP contribution in [0.5, 0.6) is 5.75 Å². The molecule has 4 heteroatoms. The summed E-state index contributed by atoms with van der Waals surface area (Å²) in [6.07, 6.45) is 6.08. The summed E-state index contributed by atoms with van der Waals surface area (Å²) in [4.78, 5) is 0. The van der Waals surface area contributed by atoms with E-state index < -0.39 is 10.8 Å². The molecule has 0 fully saturated rings. The number of hydrogen-bond acceptors (Lipinski definition) is 3. The van der Waals surface area contributed by atoms with E-state index in [0.29, 0.717) is 11.8 Å². The molecule has 0 bridgehead atoms. The van der Waals surface area contributed by atoms with E-state index in [4.69, 9.17) is 0 Å². The number of rotatable bonds is 5. The van der Waals surface area contributed by atoms with Crippen LogP contribution in [0.2, 0.25) is 0 Å². The molecule has 2 N–H and O–H groups in total. The third-order valence-corrected chi connectivity index (χ3v) is 5.32. The first-order chi connectivity index (χ1) is 9.08. The molecule has 0 aromatic heterocycles. The molecule has 3 unspecified atom stereocenters. The van der Waals surface area contributed by atoms with E-state index in [9.17, 15) is 9.32 Å². The number of nitrogens with one attached hydrogen (secondary N) is 1. The largest absolute Gasteiger partial charge is 0.508 e. The molecule has 1 aromatic carbocycles. The molecule has 0 heterocycles. The number of phenols is 1. The van der Waals surface area contributed by atoms with Gasteiger partial charge in [-0.1, -0.05) is 13.0 Å². The van der Waals surface area contributed by atoms with Crippen molar-refractivity contribution in [3.63, 3.8) is 0 Å². The monoisotopic (exact) mass is 281 g/mol. The topological polar surface area (TPSA) is 49.3 Å². The zero-order valence-electron chi connectivity index (χ0n) is 11.7. The first kappa shape index (κ1) is 14.5. The van der Waals surface area contributed by atoms with Gasteiger partial charge in [-0.15, -0.1) is 0 Å². The van der Waals surface area contributed by atoms with Crippen molar-refractivity contribution in [3.05, 3.63) is 29.3 Å². The molecule has 1 aromatic rings. The van der Waals surface area contributed by atoms with Gasteiger partial charge in [-0.05, 0) is 55.5 Å². The standard InChI is InChI=1S/C15H23NO2S/c1-11(19(2)18)8-9-16-15-5-3-4-12-6-7-13(17)10-14(12)15/h6-7,10-11,15-17H,3-5,8-9H2,1-2H3. The Bertz CT molecular complexity index is 461. The van der Waals surface area contributed by atoms with Crippen LogP contribution >= 0.6 is 0 Å². The fraction of sp³-hybridized carbons (Fsp3) is 0.600. The van der Waals surface area contributed by atoms with Crippen molar-refractivity contribution in [1.29, 1.82) is 0 Å². The smallest absolute Gasteiger partial charge is 0.115 e. The van der Waals surface area contributed by atoms with Crippen molar-refractivity contribution >= 4 is 10.8 Å². The Morgan fingerprint density at radius 2 is 2.32 bits per heavy atom. The molecular weight excluding hydrogens is 258 g/mol. The van der Waals surface area contributed by atoms with Gasteiger partial charge in [0.1, 0.15) is 5.75 Å². The van der Waals surface area contributed by atoms with Gasteiger partial charge in [0.15, 0.2) is 0 Å². The maximum absolute atomic E-state index is 11.3. The summed E-state index contributed by atoms with van der Waals surface area (Å²) in [5.74, 6) is 0.343. The SMILES string of the molecule is CC(CCNC1CCCc2ccc(O)cc21)S(C)=O. The van der Waals surface area contributed by atoms with Crippen LogP contribution in [0.25, 0.3) is 0 Å². The lowest BCUT2D eigenvalue weighted by Crippen LogP contribution is -2.28. The van der Waals surface area contributed by atoms with Gasteiger partial charge in [-0.3, -0.25) is 4.21 Å². The van der Waals surface area contributed by atoms with Crippen molar-refractivity contribution in [3.8, 4) is 5.75 Å². The average molecular weight is 281 g/mol. The second-order valence-corrected chi connectivity index (χ2v) is 7.18. The number of phenolic OH excluding ortho intramolecular Hbond substituents is 1. The highest BCUT2D eigenvalue weighted by atomic mass is 32.2. The Balaban J connectivity index is 1.96. The van der Waals surface area contributed by atoms with E-state index in [1.165, 1.54) is 17.5 Å². The molecule has 2 rings (SSSR count). The van der Waals surface area contributed by atoms with E-state index >= 15 is 0 Å². The summed E-state index contributed by atoms with van der Waals surface area (Å²) >= 11 is 0. The lowest BCUT2D eigenvalue weighted by molar-refractivity contribution is 0.443. The molecule has 0 saturated heterocycles. The molecule has 0 saturated carbocycles. The van der Waals surface area contributed by atoms with Crippen molar-refractivity contribution in [2.24, 2.45) is 0 Å². The Labute approximate surface area is 117 Å².